The maximum Gasteiger partial charge on any atom is 0.0980 e. The lowest BCUT2D eigenvalue weighted by Gasteiger charge is -2.28. The van der Waals surface area contributed by atoms with Crippen LogP contribution in [0.4, 0.5) is 5.69 Å². The Labute approximate surface area is 142 Å². The molecule has 1 heterocycles. The van der Waals surface area contributed by atoms with Gasteiger partial charge in [0.2, 0.25) is 0 Å². The quantitative estimate of drug-likeness (QED) is 0.742. The van der Waals surface area contributed by atoms with Crippen LogP contribution in [0, 0.1) is 0 Å². The van der Waals surface area contributed by atoms with E-state index in [0.29, 0.717) is 0 Å². The highest BCUT2D eigenvalue weighted by molar-refractivity contribution is 6.14. The molecule has 0 atom stereocenters. The Bertz CT molecular complexity index is 884. The van der Waals surface area contributed by atoms with Crippen molar-refractivity contribution in [1.29, 1.82) is 0 Å². The molecular weight excluding hydrogens is 294 g/mol. The van der Waals surface area contributed by atoms with E-state index in [4.69, 9.17) is 10.8 Å². The summed E-state index contributed by atoms with van der Waals surface area (Å²) in [5, 5.41) is 7.05. The van der Waals surface area contributed by atoms with Gasteiger partial charge in [0.05, 0.1) is 18.8 Å². The van der Waals surface area contributed by atoms with E-state index in [1.807, 2.05) is 24.3 Å². The lowest BCUT2D eigenvalue weighted by Crippen LogP contribution is -2.26. The van der Waals surface area contributed by atoms with E-state index in [1.165, 1.54) is 16.7 Å². The molecular formula is C21H19N3. The topological polar surface area (TPSA) is 41.6 Å². The van der Waals surface area contributed by atoms with Crippen molar-refractivity contribution in [2.24, 2.45) is 5.10 Å². The van der Waals surface area contributed by atoms with Crippen LogP contribution in [-0.4, -0.2) is 10.7 Å². The van der Waals surface area contributed by atoms with E-state index >= 15 is 0 Å². The smallest absolute Gasteiger partial charge is 0.0980 e. The molecule has 2 N–H and O–H groups in total. The minimum absolute atomic E-state index is 0.757. The number of fused-ring (bicyclic) bond motifs is 1. The molecule has 0 saturated heterocycles. The molecule has 1 aliphatic heterocycles. The fourth-order valence-corrected chi connectivity index (χ4v) is 3.10. The number of hydrogen-bond acceptors (Lipinski definition) is 3. The molecule has 4 rings (SSSR count). The van der Waals surface area contributed by atoms with Gasteiger partial charge in [-0.05, 0) is 23.3 Å². The van der Waals surface area contributed by atoms with Crippen molar-refractivity contribution in [3.8, 4) is 0 Å². The first-order valence-corrected chi connectivity index (χ1v) is 8.11. The zero-order valence-corrected chi connectivity index (χ0v) is 13.4. The zero-order chi connectivity index (χ0) is 16.4. The van der Waals surface area contributed by atoms with Gasteiger partial charge in [0, 0.05) is 16.8 Å². The maximum absolute atomic E-state index is 5.97. The second-order valence-electron chi connectivity index (χ2n) is 6.04. The highest BCUT2D eigenvalue weighted by atomic mass is 15.5. The van der Waals surface area contributed by atoms with Gasteiger partial charge in [-0.15, -0.1) is 0 Å². The standard InChI is InChI=1S/C21H19N3/c22-19-11-6-10-17(13-19)21-20-12-5-4-9-18(20)15-24(23-21)14-16-7-2-1-3-8-16/h1-13H,14-15,22H2. The van der Waals surface area contributed by atoms with Crippen LogP contribution >= 0.6 is 0 Å². The first-order chi connectivity index (χ1) is 11.8. The Morgan fingerprint density at radius 2 is 1.67 bits per heavy atom. The van der Waals surface area contributed by atoms with Crippen molar-refractivity contribution in [2.45, 2.75) is 13.1 Å². The van der Waals surface area contributed by atoms with Gasteiger partial charge in [-0.2, -0.15) is 5.10 Å². The van der Waals surface area contributed by atoms with Crippen LogP contribution in [0.15, 0.2) is 84.0 Å². The van der Waals surface area contributed by atoms with Gasteiger partial charge in [0.1, 0.15) is 0 Å². The van der Waals surface area contributed by atoms with Crippen LogP contribution in [0.25, 0.3) is 0 Å². The second-order valence-corrected chi connectivity index (χ2v) is 6.04. The Morgan fingerprint density at radius 3 is 2.50 bits per heavy atom. The van der Waals surface area contributed by atoms with Crippen LogP contribution in [0.2, 0.25) is 0 Å². The molecule has 0 unspecified atom stereocenters. The highest BCUT2D eigenvalue weighted by Gasteiger charge is 2.20. The van der Waals surface area contributed by atoms with Crippen LogP contribution in [0.1, 0.15) is 22.3 Å². The second kappa shape index (κ2) is 6.20. The van der Waals surface area contributed by atoms with Crippen LogP contribution in [0.3, 0.4) is 0 Å². The summed E-state index contributed by atoms with van der Waals surface area (Å²) in [5.41, 5.74) is 12.5. The minimum Gasteiger partial charge on any atom is -0.399 e. The average Bonchev–Trinajstić information content (AvgIpc) is 2.62. The first kappa shape index (κ1) is 14.5. The normalized spacial score (nSPS) is 13.3. The maximum atomic E-state index is 5.97. The average molecular weight is 313 g/mol. The highest BCUT2D eigenvalue weighted by Crippen LogP contribution is 2.24. The Morgan fingerprint density at radius 1 is 0.875 bits per heavy atom. The molecule has 24 heavy (non-hydrogen) atoms. The molecule has 3 aromatic rings. The molecule has 118 valence electrons. The summed E-state index contributed by atoms with van der Waals surface area (Å²) in [6, 6.07) is 26.8. The zero-order valence-electron chi connectivity index (χ0n) is 13.4. The number of nitrogens with two attached hydrogens (primary N) is 1. The molecule has 0 amide bonds. The molecule has 0 aromatic heterocycles. The fraction of sp³-hybridized carbons (Fsp3) is 0.0952. The van der Waals surface area contributed by atoms with Gasteiger partial charge in [-0.1, -0.05) is 66.7 Å². The molecule has 3 heteroatoms. The van der Waals surface area contributed by atoms with E-state index in [9.17, 15) is 0 Å². The number of anilines is 1. The number of rotatable bonds is 3. The summed E-state index contributed by atoms with van der Waals surface area (Å²) in [6.07, 6.45) is 0. The lowest BCUT2D eigenvalue weighted by atomic mass is 9.96. The summed E-state index contributed by atoms with van der Waals surface area (Å²) < 4.78 is 0. The summed E-state index contributed by atoms with van der Waals surface area (Å²) in [6.45, 7) is 1.61. The van der Waals surface area contributed by atoms with Crippen molar-refractivity contribution in [3.63, 3.8) is 0 Å². The molecule has 0 radical (unpaired) electrons. The molecule has 0 bridgehead atoms. The Hall–Kier alpha value is -3.07. The minimum atomic E-state index is 0.757. The van der Waals surface area contributed by atoms with Crippen molar-refractivity contribution in [1.82, 2.24) is 5.01 Å². The summed E-state index contributed by atoms with van der Waals surface area (Å²) in [7, 11) is 0. The molecule has 3 nitrogen and oxygen atoms in total. The van der Waals surface area contributed by atoms with Gasteiger partial charge in [0.25, 0.3) is 0 Å². The van der Waals surface area contributed by atoms with Crippen molar-refractivity contribution in [2.75, 3.05) is 5.73 Å². The van der Waals surface area contributed by atoms with Gasteiger partial charge in [-0.25, -0.2) is 0 Å². The molecule has 0 fully saturated rings. The number of benzene rings is 3. The van der Waals surface area contributed by atoms with Crippen molar-refractivity contribution >= 4 is 11.4 Å². The van der Waals surface area contributed by atoms with Crippen LogP contribution in [0.5, 0.6) is 0 Å². The van der Waals surface area contributed by atoms with Crippen molar-refractivity contribution in [3.05, 3.63) is 101 Å². The predicted octanol–water partition coefficient (Wildman–Crippen LogP) is 4.04. The Balaban J connectivity index is 1.75. The molecule has 3 aromatic carbocycles. The van der Waals surface area contributed by atoms with E-state index in [0.717, 1.165) is 30.1 Å². The van der Waals surface area contributed by atoms with E-state index in [2.05, 4.69) is 59.6 Å². The van der Waals surface area contributed by atoms with E-state index in [-0.39, 0.29) is 0 Å². The van der Waals surface area contributed by atoms with E-state index < -0.39 is 0 Å². The summed E-state index contributed by atoms with van der Waals surface area (Å²) in [5.74, 6) is 0. The van der Waals surface area contributed by atoms with Crippen LogP contribution < -0.4 is 5.73 Å². The van der Waals surface area contributed by atoms with Crippen LogP contribution in [-0.2, 0) is 13.1 Å². The summed E-state index contributed by atoms with van der Waals surface area (Å²) in [4.78, 5) is 0. The third-order valence-electron chi connectivity index (χ3n) is 4.23. The van der Waals surface area contributed by atoms with Gasteiger partial charge in [0.15, 0.2) is 0 Å². The lowest BCUT2D eigenvalue weighted by molar-refractivity contribution is 0.266. The third-order valence-corrected chi connectivity index (χ3v) is 4.23. The Kier molecular flexibility index (Phi) is 3.75. The van der Waals surface area contributed by atoms with E-state index in [1.54, 1.807) is 0 Å². The summed E-state index contributed by atoms with van der Waals surface area (Å²) >= 11 is 0. The molecule has 1 aliphatic rings. The largest absolute Gasteiger partial charge is 0.399 e. The predicted molar refractivity (Wildman–Crippen MR) is 98.6 cm³/mol. The number of nitrogen functional groups attached to an aromatic ring is 1. The number of hydrazone groups is 1. The molecule has 0 saturated carbocycles. The first-order valence-electron chi connectivity index (χ1n) is 8.11. The van der Waals surface area contributed by atoms with Gasteiger partial charge < -0.3 is 5.73 Å². The monoisotopic (exact) mass is 313 g/mol. The molecule has 0 spiro atoms. The van der Waals surface area contributed by atoms with Gasteiger partial charge >= 0.3 is 0 Å². The fourth-order valence-electron chi connectivity index (χ4n) is 3.10. The van der Waals surface area contributed by atoms with Gasteiger partial charge in [-0.3, -0.25) is 5.01 Å². The number of hydrogen-bond donors (Lipinski definition) is 1. The third kappa shape index (κ3) is 2.88. The SMILES string of the molecule is Nc1cccc(C2=NN(Cc3ccccc3)Cc3ccccc32)c1. The van der Waals surface area contributed by atoms with Crippen molar-refractivity contribution < 1.29 is 0 Å². The number of nitrogens with zero attached hydrogens (tertiary/aromatic N) is 2. The molecule has 0 aliphatic carbocycles.